The molecule has 12 heteroatoms. The number of benzene rings is 1. The lowest BCUT2D eigenvalue weighted by molar-refractivity contribution is -0.111. The average molecular weight is 530 g/mol. The number of ether oxygens (including phenoxy) is 1. The number of fused-ring (bicyclic) bond motifs is 1. The topological polar surface area (TPSA) is 130 Å². The van der Waals surface area contributed by atoms with Gasteiger partial charge < -0.3 is 25.2 Å². The van der Waals surface area contributed by atoms with Crippen LogP contribution < -0.4 is 20.3 Å². The number of anilines is 4. The van der Waals surface area contributed by atoms with Crippen molar-refractivity contribution in [1.29, 1.82) is 0 Å². The molecule has 2 N–H and O–H groups in total. The van der Waals surface area contributed by atoms with Gasteiger partial charge in [-0.3, -0.25) is 14.0 Å². The van der Waals surface area contributed by atoms with Gasteiger partial charge in [0.2, 0.25) is 11.9 Å². The van der Waals surface area contributed by atoms with E-state index in [4.69, 9.17) is 4.74 Å². The summed E-state index contributed by atoms with van der Waals surface area (Å²) >= 11 is 0. The molecule has 0 radical (unpaired) electrons. The van der Waals surface area contributed by atoms with Crippen LogP contribution in [0.1, 0.15) is 17.4 Å². The Kier molecular flexibility index (Phi) is 8.15. The van der Waals surface area contributed by atoms with Crippen LogP contribution in [0.5, 0.6) is 5.75 Å². The minimum Gasteiger partial charge on any atom is -0.494 e. The fourth-order valence-corrected chi connectivity index (χ4v) is 3.91. The summed E-state index contributed by atoms with van der Waals surface area (Å²) in [4.78, 5) is 46.3. The SMILES string of the molecule is C=CC(=O)Nc1cc(Nc2nccc(-c3nc(C(C)=O)c4ncccn34)n2)c(OC)cc1N(C)CCN(C)C. The molecule has 1 amide bonds. The molecule has 202 valence electrons. The first-order valence-electron chi connectivity index (χ1n) is 12.2. The number of amides is 1. The molecule has 0 aliphatic rings. The normalized spacial score (nSPS) is 10.9. The van der Waals surface area contributed by atoms with Crippen molar-refractivity contribution in [3.63, 3.8) is 0 Å². The average Bonchev–Trinajstić information content (AvgIpc) is 3.32. The van der Waals surface area contributed by atoms with E-state index >= 15 is 0 Å². The van der Waals surface area contributed by atoms with Crippen molar-refractivity contribution in [1.82, 2.24) is 29.2 Å². The molecule has 0 spiro atoms. The number of rotatable bonds is 11. The second kappa shape index (κ2) is 11.7. The predicted molar refractivity (Wildman–Crippen MR) is 151 cm³/mol. The van der Waals surface area contributed by atoms with Crippen LogP contribution in [0.25, 0.3) is 17.2 Å². The van der Waals surface area contributed by atoms with Crippen molar-refractivity contribution in [2.45, 2.75) is 6.92 Å². The van der Waals surface area contributed by atoms with E-state index in [1.165, 1.54) is 13.0 Å². The Morgan fingerprint density at radius 1 is 1.10 bits per heavy atom. The summed E-state index contributed by atoms with van der Waals surface area (Å²) in [6, 6.07) is 7.06. The highest BCUT2D eigenvalue weighted by atomic mass is 16.5. The molecule has 0 aliphatic heterocycles. The second-order valence-electron chi connectivity index (χ2n) is 9.03. The first-order valence-corrected chi connectivity index (χ1v) is 12.2. The van der Waals surface area contributed by atoms with Crippen LogP contribution in [0.2, 0.25) is 0 Å². The maximum absolute atomic E-state index is 12.2. The van der Waals surface area contributed by atoms with Gasteiger partial charge in [-0.2, -0.15) is 0 Å². The summed E-state index contributed by atoms with van der Waals surface area (Å²) in [5.74, 6) is 0.719. The molecule has 3 heterocycles. The first kappa shape index (κ1) is 27.2. The molecule has 3 aromatic heterocycles. The molecule has 1 aromatic carbocycles. The Labute approximate surface area is 226 Å². The number of aromatic nitrogens is 5. The molecule has 4 rings (SSSR count). The summed E-state index contributed by atoms with van der Waals surface area (Å²) in [5.41, 5.74) is 3.08. The van der Waals surface area contributed by atoms with Gasteiger partial charge in [0.25, 0.3) is 0 Å². The minimum atomic E-state index is -0.340. The molecule has 0 saturated carbocycles. The summed E-state index contributed by atoms with van der Waals surface area (Å²) in [7, 11) is 7.51. The second-order valence-corrected chi connectivity index (χ2v) is 9.03. The molecule has 0 atom stereocenters. The molecular weight excluding hydrogens is 498 g/mol. The highest BCUT2D eigenvalue weighted by Gasteiger charge is 2.19. The molecule has 0 aliphatic carbocycles. The van der Waals surface area contributed by atoms with Crippen LogP contribution in [-0.4, -0.2) is 82.3 Å². The number of carbonyl (C=O) groups is 2. The smallest absolute Gasteiger partial charge is 0.247 e. The van der Waals surface area contributed by atoms with Crippen LogP contribution >= 0.6 is 0 Å². The molecule has 0 saturated heterocycles. The Morgan fingerprint density at radius 2 is 1.90 bits per heavy atom. The van der Waals surface area contributed by atoms with Crippen molar-refractivity contribution >= 4 is 40.3 Å². The number of methoxy groups -OCH3 is 1. The Balaban J connectivity index is 1.73. The number of likely N-dealkylation sites (N-methyl/N-ethyl adjacent to an activating group) is 2. The van der Waals surface area contributed by atoms with E-state index in [1.807, 2.05) is 32.1 Å². The Morgan fingerprint density at radius 3 is 2.59 bits per heavy atom. The molecule has 12 nitrogen and oxygen atoms in total. The highest BCUT2D eigenvalue weighted by molar-refractivity contribution is 6.02. The number of carbonyl (C=O) groups excluding carboxylic acids is 2. The van der Waals surface area contributed by atoms with Gasteiger partial charge in [0.1, 0.15) is 11.4 Å². The molecule has 39 heavy (non-hydrogen) atoms. The zero-order valence-electron chi connectivity index (χ0n) is 22.6. The molecule has 4 aromatic rings. The van der Waals surface area contributed by atoms with E-state index < -0.39 is 0 Å². The van der Waals surface area contributed by atoms with Crippen LogP contribution in [0.3, 0.4) is 0 Å². The van der Waals surface area contributed by atoms with Crippen molar-refractivity contribution in [2.24, 2.45) is 0 Å². The van der Waals surface area contributed by atoms with Crippen LogP contribution in [0, 0.1) is 0 Å². The summed E-state index contributed by atoms with van der Waals surface area (Å²) in [6.07, 6.45) is 6.19. The van der Waals surface area contributed by atoms with E-state index in [0.29, 0.717) is 34.3 Å². The number of ketones is 1. The summed E-state index contributed by atoms with van der Waals surface area (Å²) < 4.78 is 7.39. The van der Waals surface area contributed by atoms with E-state index in [-0.39, 0.29) is 23.3 Å². The standard InChI is InChI=1S/C27H31N9O3/c1-7-23(38)30-19-15-20(22(39-6)16-21(19)35(5)14-13-34(3)4)32-27-29-11-9-18(31-27)25-33-24(17(2)37)26-28-10-8-12-36(25)26/h7-12,15-16H,1,13-14H2,2-6H3,(H,30,38)(H,29,31,32). The maximum Gasteiger partial charge on any atom is 0.247 e. The van der Waals surface area contributed by atoms with Gasteiger partial charge in [-0.15, -0.1) is 0 Å². The largest absolute Gasteiger partial charge is 0.494 e. The number of hydrogen-bond donors (Lipinski definition) is 2. The lowest BCUT2D eigenvalue weighted by Gasteiger charge is -2.26. The van der Waals surface area contributed by atoms with Crippen LogP contribution in [-0.2, 0) is 4.79 Å². The lowest BCUT2D eigenvalue weighted by atomic mass is 10.2. The van der Waals surface area contributed by atoms with Gasteiger partial charge in [0, 0.05) is 51.7 Å². The van der Waals surface area contributed by atoms with Gasteiger partial charge in [-0.1, -0.05) is 6.58 Å². The summed E-state index contributed by atoms with van der Waals surface area (Å²) in [5, 5.41) is 6.06. The van der Waals surface area contributed by atoms with Crippen molar-refractivity contribution in [3.8, 4) is 17.3 Å². The van der Waals surface area contributed by atoms with E-state index in [2.05, 4.69) is 42.0 Å². The van der Waals surface area contributed by atoms with E-state index in [9.17, 15) is 9.59 Å². The van der Waals surface area contributed by atoms with Crippen molar-refractivity contribution in [2.75, 3.05) is 56.9 Å². The van der Waals surface area contributed by atoms with E-state index in [1.54, 1.807) is 48.3 Å². The van der Waals surface area contributed by atoms with Crippen molar-refractivity contribution in [3.05, 3.63) is 61.2 Å². The molecule has 0 fully saturated rings. The molecule has 0 bridgehead atoms. The third kappa shape index (κ3) is 6.02. The first-order chi connectivity index (χ1) is 18.7. The fourth-order valence-electron chi connectivity index (χ4n) is 3.91. The monoisotopic (exact) mass is 529 g/mol. The third-order valence-corrected chi connectivity index (χ3v) is 5.92. The Bertz CT molecular complexity index is 1530. The third-order valence-electron chi connectivity index (χ3n) is 5.92. The highest BCUT2D eigenvalue weighted by Crippen LogP contribution is 2.38. The predicted octanol–water partition coefficient (Wildman–Crippen LogP) is 3.26. The van der Waals surface area contributed by atoms with Crippen LogP contribution in [0.15, 0.2) is 55.5 Å². The number of imidazole rings is 1. The van der Waals surface area contributed by atoms with Gasteiger partial charge in [-0.05, 0) is 38.4 Å². The number of nitrogens with zero attached hydrogens (tertiary/aromatic N) is 7. The molecule has 0 unspecified atom stereocenters. The van der Waals surface area contributed by atoms with E-state index in [0.717, 1.165) is 18.8 Å². The zero-order chi connectivity index (χ0) is 28.1. The molecular formula is C27H31N9O3. The van der Waals surface area contributed by atoms with Gasteiger partial charge in [0.15, 0.2) is 22.9 Å². The lowest BCUT2D eigenvalue weighted by Crippen LogP contribution is -2.29. The number of hydrogen-bond acceptors (Lipinski definition) is 10. The summed E-state index contributed by atoms with van der Waals surface area (Å²) in [6.45, 7) is 6.55. The van der Waals surface area contributed by atoms with Crippen LogP contribution in [0.4, 0.5) is 23.0 Å². The minimum absolute atomic E-state index is 0.195. The number of nitrogens with one attached hydrogen (secondary N) is 2. The maximum atomic E-state index is 12.2. The van der Waals surface area contributed by atoms with Gasteiger partial charge in [0.05, 0.1) is 24.2 Å². The zero-order valence-corrected chi connectivity index (χ0v) is 22.6. The van der Waals surface area contributed by atoms with Gasteiger partial charge in [-0.25, -0.2) is 19.9 Å². The fraction of sp³-hybridized carbons (Fsp3) is 0.259. The quantitative estimate of drug-likeness (QED) is 0.221. The Hall–Kier alpha value is -4.84. The van der Waals surface area contributed by atoms with Gasteiger partial charge >= 0.3 is 0 Å². The number of Topliss-reactive ketones (excluding diaryl/α,β-unsaturated/α-hetero) is 1. The van der Waals surface area contributed by atoms with Crippen molar-refractivity contribution < 1.29 is 14.3 Å².